The third-order valence-corrected chi connectivity index (χ3v) is 4.58. The summed E-state index contributed by atoms with van der Waals surface area (Å²) in [6, 6.07) is 22.5. The van der Waals surface area contributed by atoms with E-state index in [-0.39, 0.29) is 11.7 Å². The standard InChI is InChI=1S/C23H17ClN4O2/c24-17-5-1-15(2-6-17)21-13-14-25-23(28-21)27-19-7-3-16(4-8-19)22(30)26-18-9-11-20(29)12-10-18/h1-14,29H,(H,26,30)(H,25,27,28). The number of anilines is 3. The monoisotopic (exact) mass is 416 g/mol. The molecule has 0 aliphatic heterocycles. The topological polar surface area (TPSA) is 87.1 Å². The minimum Gasteiger partial charge on any atom is -0.508 e. The highest BCUT2D eigenvalue weighted by Crippen LogP contribution is 2.22. The number of benzene rings is 3. The maximum Gasteiger partial charge on any atom is 0.255 e. The van der Waals surface area contributed by atoms with E-state index in [0.29, 0.717) is 22.2 Å². The Balaban J connectivity index is 1.44. The van der Waals surface area contributed by atoms with Crippen LogP contribution in [0.3, 0.4) is 0 Å². The molecule has 0 saturated heterocycles. The molecule has 7 heteroatoms. The number of hydrogen-bond donors (Lipinski definition) is 3. The predicted molar refractivity (Wildman–Crippen MR) is 118 cm³/mol. The van der Waals surface area contributed by atoms with Crippen molar-refractivity contribution < 1.29 is 9.90 Å². The van der Waals surface area contributed by atoms with Crippen LogP contribution in [-0.4, -0.2) is 21.0 Å². The van der Waals surface area contributed by atoms with Crippen molar-refractivity contribution in [2.75, 3.05) is 10.6 Å². The molecule has 30 heavy (non-hydrogen) atoms. The van der Waals surface area contributed by atoms with Crippen LogP contribution >= 0.6 is 11.6 Å². The van der Waals surface area contributed by atoms with Gasteiger partial charge in [0.2, 0.25) is 5.95 Å². The van der Waals surface area contributed by atoms with Crippen LogP contribution in [0, 0.1) is 0 Å². The molecule has 1 heterocycles. The summed E-state index contributed by atoms with van der Waals surface area (Å²) in [4.78, 5) is 21.1. The number of hydrogen-bond acceptors (Lipinski definition) is 5. The fourth-order valence-corrected chi connectivity index (χ4v) is 2.91. The van der Waals surface area contributed by atoms with Gasteiger partial charge >= 0.3 is 0 Å². The van der Waals surface area contributed by atoms with Crippen LogP contribution < -0.4 is 10.6 Å². The molecule has 0 aliphatic rings. The Morgan fingerprint density at radius 2 is 1.50 bits per heavy atom. The van der Waals surface area contributed by atoms with Gasteiger partial charge in [0.25, 0.3) is 5.91 Å². The lowest BCUT2D eigenvalue weighted by molar-refractivity contribution is 0.102. The fraction of sp³-hybridized carbons (Fsp3) is 0. The summed E-state index contributed by atoms with van der Waals surface area (Å²) < 4.78 is 0. The molecule has 148 valence electrons. The zero-order valence-corrected chi connectivity index (χ0v) is 16.5. The van der Waals surface area contributed by atoms with Gasteiger partial charge < -0.3 is 15.7 Å². The van der Waals surface area contributed by atoms with E-state index < -0.39 is 0 Å². The lowest BCUT2D eigenvalue weighted by atomic mass is 10.1. The number of carbonyl (C=O) groups is 1. The number of phenolic OH excluding ortho intramolecular Hbond substituents is 1. The summed E-state index contributed by atoms with van der Waals surface area (Å²) in [5.41, 5.74) is 3.57. The van der Waals surface area contributed by atoms with Gasteiger partial charge in [0.05, 0.1) is 5.69 Å². The van der Waals surface area contributed by atoms with Crippen LogP contribution in [-0.2, 0) is 0 Å². The average molecular weight is 417 g/mol. The fourth-order valence-electron chi connectivity index (χ4n) is 2.78. The van der Waals surface area contributed by atoms with Gasteiger partial charge in [0.1, 0.15) is 5.75 Å². The molecule has 4 aromatic rings. The van der Waals surface area contributed by atoms with E-state index in [1.54, 1.807) is 42.6 Å². The Kier molecular flexibility index (Phi) is 5.59. The molecule has 0 unspecified atom stereocenters. The van der Waals surface area contributed by atoms with Crippen LogP contribution in [0.15, 0.2) is 85.1 Å². The number of nitrogens with zero attached hydrogens (tertiary/aromatic N) is 2. The summed E-state index contributed by atoms with van der Waals surface area (Å²) in [5.74, 6) is 0.350. The zero-order valence-electron chi connectivity index (χ0n) is 15.7. The van der Waals surface area contributed by atoms with E-state index in [1.165, 1.54) is 12.1 Å². The van der Waals surface area contributed by atoms with Crippen molar-refractivity contribution in [3.63, 3.8) is 0 Å². The quantitative estimate of drug-likeness (QED) is 0.374. The van der Waals surface area contributed by atoms with Crippen LogP contribution in [0.1, 0.15) is 10.4 Å². The van der Waals surface area contributed by atoms with Crippen molar-refractivity contribution in [2.24, 2.45) is 0 Å². The predicted octanol–water partition coefficient (Wildman–Crippen LogP) is 5.50. The molecule has 6 nitrogen and oxygen atoms in total. The third kappa shape index (κ3) is 4.74. The summed E-state index contributed by atoms with van der Waals surface area (Å²) in [5, 5.41) is 15.9. The number of aromatic hydroxyl groups is 1. The Bertz CT molecular complexity index is 1160. The molecular formula is C23H17ClN4O2. The second-order valence-corrected chi connectivity index (χ2v) is 6.91. The largest absolute Gasteiger partial charge is 0.508 e. The molecule has 0 saturated carbocycles. The first-order valence-electron chi connectivity index (χ1n) is 9.13. The second-order valence-electron chi connectivity index (χ2n) is 6.48. The first-order chi connectivity index (χ1) is 14.6. The van der Waals surface area contributed by atoms with Gasteiger partial charge in [-0.2, -0.15) is 0 Å². The van der Waals surface area contributed by atoms with Crippen LogP contribution in [0.25, 0.3) is 11.3 Å². The maximum absolute atomic E-state index is 12.4. The van der Waals surface area contributed by atoms with Crippen molar-refractivity contribution in [1.82, 2.24) is 9.97 Å². The molecular weight excluding hydrogens is 400 g/mol. The number of aromatic nitrogens is 2. The van der Waals surface area contributed by atoms with Gasteiger partial charge in [-0.25, -0.2) is 9.97 Å². The summed E-state index contributed by atoms with van der Waals surface area (Å²) in [6.07, 6.45) is 1.68. The number of phenols is 1. The van der Waals surface area contributed by atoms with E-state index in [2.05, 4.69) is 20.6 Å². The highest BCUT2D eigenvalue weighted by molar-refractivity contribution is 6.30. The molecule has 1 amide bonds. The van der Waals surface area contributed by atoms with Crippen molar-refractivity contribution in [2.45, 2.75) is 0 Å². The normalized spacial score (nSPS) is 10.4. The highest BCUT2D eigenvalue weighted by atomic mass is 35.5. The van der Waals surface area contributed by atoms with Crippen molar-refractivity contribution in [3.05, 3.63) is 95.6 Å². The van der Waals surface area contributed by atoms with Crippen LogP contribution in [0.2, 0.25) is 5.02 Å². The lowest BCUT2D eigenvalue weighted by Crippen LogP contribution is -2.11. The van der Waals surface area contributed by atoms with Gasteiger partial charge in [-0.15, -0.1) is 0 Å². The number of rotatable bonds is 5. The van der Waals surface area contributed by atoms with Crippen LogP contribution in [0.4, 0.5) is 17.3 Å². The first-order valence-corrected chi connectivity index (χ1v) is 9.51. The summed E-state index contributed by atoms with van der Waals surface area (Å²) in [6.45, 7) is 0. The van der Waals surface area contributed by atoms with E-state index in [4.69, 9.17) is 11.6 Å². The van der Waals surface area contributed by atoms with E-state index in [0.717, 1.165) is 16.9 Å². The van der Waals surface area contributed by atoms with Gasteiger partial charge in [0, 0.05) is 33.7 Å². The van der Waals surface area contributed by atoms with Crippen LogP contribution in [0.5, 0.6) is 5.75 Å². The molecule has 3 N–H and O–H groups in total. The molecule has 0 bridgehead atoms. The van der Waals surface area contributed by atoms with E-state index >= 15 is 0 Å². The van der Waals surface area contributed by atoms with E-state index in [9.17, 15) is 9.90 Å². The van der Waals surface area contributed by atoms with Gasteiger partial charge in [-0.05, 0) is 66.7 Å². The number of carbonyl (C=O) groups excluding carboxylic acids is 1. The zero-order chi connectivity index (χ0) is 20.9. The number of halogens is 1. The lowest BCUT2D eigenvalue weighted by Gasteiger charge is -2.08. The first kappa shape index (κ1) is 19.4. The Morgan fingerprint density at radius 1 is 0.833 bits per heavy atom. The Labute approximate surface area is 178 Å². The molecule has 0 radical (unpaired) electrons. The minimum absolute atomic E-state index is 0.144. The van der Waals surface area contributed by atoms with Gasteiger partial charge in [-0.1, -0.05) is 23.7 Å². The highest BCUT2D eigenvalue weighted by Gasteiger charge is 2.07. The maximum atomic E-state index is 12.4. The number of amides is 1. The summed E-state index contributed by atoms with van der Waals surface area (Å²) in [7, 11) is 0. The Hall–Kier alpha value is -3.90. The molecule has 1 aromatic heterocycles. The van der Waals surface area contributed by atoms with Gasteiger partial charge in [-0.3, -0.25) is 4.79 Å². The SMILES string of the molecule is O=C(Nc1ccc(O)cc1)c1ccc(Nc2nccc(-c3ccc(Cl)cc3)n2)cc1. The molecule has 0 atom stereocenters. The van der Waals surface area contributed by atoms with Crippen molar-refractivity contribution in [1.29, 1.82) is 0 Å². The summed E-state index contributed by atoms with van der Waals surface area (Å²) >= 11 is 5.94. The minimum atomic E-state index is -0.242. The van der Waals surface area contributed by atoms with Gasteiger partial charge in [0.15, 0.2) is 0 Å². The van der Waals surface area contributed by atoms with Crippen molar-refractivity contribution in [3.8, 4) is 17.0 Å². The Morgan fingerprint density at radius 3 is 2.20 bits per heavy atom. The van der Waals surface area contributed by atoms with E-state index in [1.807, 2.05) is 30.3 Å². The molecule has 0 aliphatic carbocycles. The molecule has 0 fully saturated rings. The second kappa shape index (κ2) is 8.63. The average Bonchev–Trinajstić information content (AvgIpc) is 2.76. The molecule has 0 spiro atoms. The molecule has 4 rings (SSSR count). The third-order valence-electron chi connectivity index (χ3n) is 4.32. The molecule has 3 aromatic carbocycles. The number of nitrogens with one attached hydrogen (secondary N) is 2. The smallest absolute Gasteiger partial charge is 0.255 e. The van der Waals surface area contributed by atoms with Crippen molar-refractivity contribution >= 4 is 34.8 Å².